The molecular formula is C7H13N3. The van der Waals surface area contributed by atoms with Crippen LogP contribution in [-0.2, 0) is 0 Å². The van der Waals surface area contributed by atoms with Crippen molar-refractivity contribution in [2.24, 2.45) is 9.98 Å². The summed E-state index contributed by atoms with van der Waals surface area (Å²) in [5.41, 5.74) is 0. The first-order valence-electron chi connectivity index (χ1n) is 3.11. The van der Waals surface area contributed by atoms with Crippen LogP contribution in [0.25, 0.3) is 0 Å². The predicted octanol–water partition coefficient (Wildman–Crippen LogP) is 0.432. The van der Waals surface area contributed by atoms with Crippen molar-refractivity contribution in [3.05, 3.63) is 6.58 Å². The Morgan fingerprint density at radius 3 is 2.80 bits per heavy atom. The molecule has 0 aromatic heterocycles. The van der Waals surface area contributed by atoms with E-state index < -0.39 is 0 Å². The van der Waals surface area contributed by atoms with Gasteiger partial charge >= 0.3 is 0 Å². The van der Waals surface area contributed by atoms with Crippen molar-refractivity contribution in [1.82, 2.24) is 4.90 Å². The van der Waals surface area contributed by atoms with Crippen LogP contribution in [0.1, 0.15) is 0 Å². The first-order chi connectivity index (χ1) is 4.81. The first kappa shape index (κ1) is 9.08. The summed E-state index contributed by atoms with van der Waals surface area (Å²) in [6.07, 6.45) is 0. The average Bonchev–Trinajstić information content (AvgIpc) is 1.89. The third kappa shape index (κ3) is 5.22. The van der Waals surface area contributed by atoms with Gasteiger partial charge in [0.25, 0.3) is 0 Å². The Kier molecular flexibility index (Phi) is 5.63. The highest BCUT2D eigenvalue weighted by Gasteiger charge is 1.91. The number of hydrogen-bond donors (Lipinski definition) is 0. The lowest BCUT2D eigenvalue weighted by Gasteiger charge is -2.09. The first-order valence-corrected chi connectivity index (χ1v) is 3.11. The maximum atomic E-state index is 3.83. The molecule has 0 aliphatic rings. The third-order valence-corrected chi connectivity index (χ3v) is 1.05. The van der Waals surface area contributed by atoms with Gasteiger partial charge in [-0.15, -0.1) is 0 Å². The molecule has 0 heterocycles. The molecule has 0 amide bonds. The SMILES string of the molecule is C=C=NCCN(C)CN=C. The molecule has 0 unspecified atom stereocenters. The minimum atomic E-state index is 0.659. The molecular weight excluding hydrogens is 126 g/mol. The molecule has 0 aliphatic heterocycles. The topological polar surface area (TPSA) is 28.0 Å². The largest absolute Gasteiger partial charge is 0.286 e. The van der Waals surface area contributed by atoms with Gasteiger partial charge in [-0.2, -0.15) is 0 Å². The standard InChI is InChI=1S/C7H13N3/c1-4-9-5-6-10(3)7-8-2/h1-2,5-7H2,3H3. The second kappa shape index (κ2) is 6.20. The van der Waals surface area contributed by atoms with Gasteiger partial charge in [0.1, 0.15) is 0 Å². The van der Waals surface area contributed by atoms with E-state index in [2.05, 4.69) is 29.2 Å². The highest BCUT2D eigenvalue weighted by atomic mass is 15.2. The Labute approximate surface area is 61.8 Å². The molecule has 0 spiro atoms. The summed E-state index contributed by atoms with van der Waals surface area (Å²) in [7, 11) is 1.97. The Hall–Kier alpha value is -0.920. The fourth-order valence-corrected chi connectivity index (χ4v) is 0.541. The second-order valence-electron chi connectivity index (χ2n) is 1.98. The molecule has 0 aliphatic carbocycles. The zero-order valence-corrected chi connectivity index (χ0v) is 6.38. The maximum absolute atomic E-state index is 3.83. The molecule has 0 bridgehead atoms. The van der Waals surface area contributed by atoms with Gasteiger partial charge in [0.2, 0.25) is 0 Å². The van der Waals surface area contributed by atoms with Gasteiger partial charge in [0.05, 0.1) is 13.2 Å². The third-order valence-electron chi connectivity index (χ3n) is 1.05. The van der Waals surface area contributed by atoms with Crippen molar-refractivity contribution in [2.75, 3.05) is 26.8 Å². The fourth-order valence-electron chi connectivity index (χ4n) is 0.541. The summed E-state index contributed by atoms with van der Waals surface area (Å²) in [6, 6.07) is 0. The van der Waals surface area contributed by atoms with E-state index in [9.17, 15) is 0 Å². The van der Waals surface area contributed by atoms with Crippen LogP contribution in [0.15, 0.2) is 16.6 Å². The summed E-state index contributed by atoms with van der Waals surface area (Å²) in [5.74, 6) is 2.47. The smallest absolute Gasteiger partial charge is 0.0900 e. The average molecular weight is 139 g/mol. The fraction of sp³-hybridized carbons (Fsp3) is 0.571. The summed E-state index contributed by atoms with van der Waals surface area (Å²) in [4.78, 5) is 9.56. The van der Waals surface area contributed by atoms with Gasteiger partial charge in [-0.3, -0.25) is 9.89 Å². The molecule has 0 N–H and O–H groups in total. The molecule has 0 atom stereocenters. The monoisotopic (exact) mass is 139 g/mol. The lowest BCUT2D eigenvalue weighted by atomic mass is 10.6. The lowest BCUT2D eigenvalue weighted by Crippen LogP contribution is -2.21. The Bertz CT molecular complexity index is 136. The molecule has 0 radical (unpaired) electrons. The second-order valence-corrected chi connectivity index (χ2v) is 1.98. The summed E-state index contributed by atoms with van der Waals surface area (Å²) >= 11 is 0. The van der Waals surface area contributed by atoms with Gasteiger partial charge in [0.15, 0.2) is 0 Å². The number of rotatable bonds is 5. The Morgan fingerprint density at radius 1 is 1.60 bits per heavy atom. The summed E-state index contributed by atoms with van der Waals surface area (Å²) in [6.45, 7) is 9.00. The number of aliphatic imine (C=N–C) groups is 2. The van der Waals surface area contributed by atoms with Crippen LogP contribution in [0, 0.1) is 0 Å². The van der Waals surface area contributed by atoms with Gasteiger partial charge in [0, 0.05) is 6.54 Å². The minimum Gasteiger partial charge on any atom is -0.286 e. The molecule has 0 rings (SSSR count). The molecule has 0 aromatic rings. The van der Waals surface area contributed by atoms with Crippen LogP contribution >= 0.6 is 0 Å². The number of hydrogen-bond acceptors (Lipinski definition) is 3. The van der Waals surface area contributed by atoms with E-state index in [0.717, 1.165) is 13.1 Å². The van der Waals surface area contributed by atoms with Gasteiger partial charge < -0.3 is 0 Å². The molecule has 0 saturated heterocycles. The maximum Gasteiger partial charge on any atom is 0.0900 e. The van der Waals surface area contributed by atoms with Crippen molar-refractivity contribution >= 4 is 12.6 Å². The van der Waals surface area contributed by atoms with Crippen molar-refractivity contribution in [3.8, 4) is 0 Å². The van der Waals surface area contributed by atoms with Crippen molar-refractivity contribution in [1.29, 1.82) is 0 Å². The van der Waals surface area contributed by atoms with Gasteiger partial charge in [-0.25, -0.2) is 4.99 Å². The number of likely N-dealkylation sites (N-methyl/N-ethyl adjacent to an activating group) is 1. The van der Waals surface area contributed by atoms with E-state index in [0.29, 0.717) is 6.67 Å². The molecule has 0 saturated carbocycles. The van der Waals surface area contributed by atoms with Crippen LogP contribution in [0.5, 0.6) is 0 Å². The Morgan fingerprint density at radius 2 is 2.30 bits per heavy atom. The van der Waals surface area contributed by atoms with E-state index in [1.165, 1.54) is 0 Å². The quantitative estimate of drug-likeness (QED) is 0.508. The minimum absolute atomic E-state index is 0.659. The van der Waals surface area contributed by atoms with Crippen LogP contribution in [0.2, 0.25) is 0 Å². The highest BCUT2D eigenvalue weighted by Crippen LogP contribution is 1.80. The Balaban J connectivity index is 3.28. The van der Waals surface area contributed by atoms with Crippen LogP contribution in [-0.4, -0.2) is 44.3 Å². The van der Waals surface area contributed by atoms with Crippen LogP contribution < -0.4 is 0 Å². The zero-order chi connectivity index (χ0) is 7.82. The predicted molar refractivity (Wildman–Crippen MR) is 45.0 cm³/mol. The van der Waals surface area contributed by atoms with E-state index in [1.807, 2.05) is 11.9 Å². The lowest BCUT2D eigenvalue weighted by molar-refractivity contribution is 0.357. The highest BCUT2D eigenvalue weighted by molar-refractivity contribution is 5.46. The van der Waals surface area contributed by atoms with Crippen molar-refractivity contribution in [2.45, 2.75) is 0 Å². The normalized spacial score (nSPS) is 9.00. The molecule has 0 fully saturated rings. The van der Waals surface area contributed by atoms with E-state index >= 15 is 0 Å². The van der Waals surface area contributed by atoms with Gasteiger partial charge in [-0.05, 0) is 26.2 Å². The molecule has 3 nitrogen and oxygen atoms in total. The van der Waals surface area contributed by atoms with Crippen molar-refractivity contribution in [3.63, 3.8) is 0 Å². The zero-order valence-electron chi connectivity index (χ0n) is 6.38. The van der Waals surface area contributed by atoms with Crippen molar-refractivity contribution < 1.29 is 0 Å². The summed E-state index contributed by atoms with van der Waals surface area (Å²) in [5, 5.41) is 0. The number of nitrogens with zero attached hydrogens (tertiary/aromatic N) is 3. The van der Waals surface area contributed by atoms with E-state index in [1.54, 1.807) is 0 Å². The van der Waals surface area contributed by atoms with Crippen LogP contribution in [0.3, 0.4) is 0 Å². The molecule has 56 valence electrons. The van der Waals surface area contributed by atoms with E-state index in [4.69, 9.17) is 0 Å². The van der Waals surface area contributed by atoms with E-state index in [-0.39, 0.29) is 0 Å². The molecule has 3 heteroatoms. The molecule has 0 aromatic carbocycles. The summed E-state index contributed by atoms with van der Waals surface area (Å²) < 4.78 is 0. The van der Waals surface area contributed by atoms with Gasteiger partial charge in [-0.1, -0.05) is 0 Å². The molecule has 10 heavy (non-hydrogen) atoms. The van der Waals surface area contributed by atoms with Crippen LogP contribution in [0.4, 0.5) is 0 Å².